The molecular weight excluding hydrogens is 270 g/mol. The third-order valence-electron chi connectivity index (χ3n) is 2.51. The molecule has 0 aliphatic heterocycles. The maximum Gasteiger partial charge on any atom is 0.322 e. The molecule has 104 valence electrons. The summed E-state index contributed by atoms with van der Waals surface area (Å²) in [4.78, 5) is 21.9. The predicted octanol–water partition coefficient (Wildman–Crippen LogP) is 1.92. The second-order valence-electron chi connectivity index (χ2n) is 4.24. The summed E-state index contributed by atoms with van der Waals surface area (Å²) in [6, 6.07) is 3.46. The molecule has 1 aromatic carbocycles. The average Bonchev–Trinajstić information content (AvgIpc) is 2.32. The maximum absolute atomic E-state index is 11.6. The normalized spacial score (nSPS) is 11.8. The first-order valence-corrected chi connectivity index (χ1v) is 6.12. The van der Waals surface area contributed by atoms with Crippen LogP contribution in [0.15, 0.2) is 12.1 Å². The van der Waals surface area contributed by atoms with Gasteiger partial charge in [0.1, 0.15) is 12.3 Å². The van der Waals surface area contributed by atoms with Crippen molar-refractivity contribution in [3.8, 4) is 5.75 Å². The van der Waals surface area contributed by atoms with Crippen molar-refractivity contribution in [2.24, 2.45) is 0 Å². The number of carboxylic acids is 1. The van der Waals surface area contributed by atoms with Crippen molar-refractivity contribution in [3.05, 3.63) is 28.3 Å². The van der Waals surface area contributed by atoms with E-state index < -0.39 is 24.5 Å². The number of hydrogen-bond donors (Lipinski definition) is 2. The SMILES string of the molecule is Cc1cc(OC(C)C(=O)NCC(=O)O)cc(C)c1Cl. The minimum Gasteiger partial charge on any atom is -0.481 e. The van der Waals surface area contributed by atoms with E-state index in [2.05, 4.69) is 5.32 Å². The maximum atomic E-state index is 11.6. The number of aryl methyl sites for hydroxylation is 2. The molecule has 1 amide bonds. The zero-order valence-corrected chi connectivity index (χ0v) is 11.7. The Morgan fingerprint density at radius 2 is 1.89 bits per heavy atom. The summed E-state index contributed by atoms with van der Waals surface area (Å²) in [5, 5.41) is 11.4. The standard InChI is InChI=1S/C13H16ClNO4/c1-7-4-10(5-8(2)12(7)14)19-9(3)13(18)15-6-11(16)17/h4-5,9H,6H2,1-3H3,(H,15,18)(H,16,17). The number of rotatable bonds is 5. The van der Waals surface area contributed by atoms with Crippen LogP contribution < -0.4 is 10.1 Å². The molecule has 0 bridgehead atoms. The van der Waals surface area contributed by atoms with Gasteiger partial charge in [0.2, 0.25) is 0 Å². The number of aliphatic carboxylic acids is 1. The van der Waals surface area contributed by atoms with E-state index in [-0.39, 0.29) is 0 Å². The molecule has 1 aromatic rings. The molecule has 0 radical (unpaired) electrons. The lowest BCUT2D eigenvalue weighted by Gasteiger charge is -2.15. The summed E-state index contributed by atoms with van der Waals surface area (Å²) in [6.45, 7) is 4.82. The molecule has 1 rings (SSSR count). The second kappa shape index (κ2) is 6.43. The molecule has 0 saturated carbocycles. The van der Waals surface area contributed by atoms with Crippen LogP contribution in [0.3, 0.4) is 0 Å². The largest absolute Gasteiger partial charge is 0.481 e. The monoisotopic (exact) mass is 285 g/mol. The fraction of sp³-hybridized carbons (Fsp3) is 0.385. The minimum atomic E-state index is -1.10. The topological polar surface area (TPSA) is 75.6 Å². The fourth-order valence-corrected chi connectivity index (χ4v) is 1.65. The summed E-state index contributed by atoms with van der Waals surface area (Å²) < 4.78 is 5.46. The van der Waals surface area contributed by atoms with Gasteiger partial charge in [0.15, 0.2) is 6.10 Å². The van der Waals surface area contributed by atoms with Gasteiger partial charge in [-0.3, -0.25) is 9.59 Å². The number of hydrogen-bond acceptors (Lipinski definition) is 3. The van der Waals surface area contributed by atoms with Gasteiger partial charge in [0.25, 0.3) is 5.91 Å². The van der Waals surface area contributed by atoms with E-state index in [9.17, 15) is 9.59 Å². The third-order valence-corrected chi connectivity index (χ3v) is 3.10. The molecule has 0 spiro atoms. The Labute approximate surface area is 116 Å². The van der Waals surface area contributed by atoms with Gasteiger partial charge in [-0.05, 0) is 44.0 Å². The molecule has 2 N–H and O–H groups in total. The van der Waals surface area contributed by atoms with Gasteiger partial charge in [0.05, 0.1) is 0 Å². The lowest BCUT2D eigenvalue weighted by molar-refractivity contribution is -0.139. The second-order valence-corrected chi connectivity index (χ2v) is 4.62. The summed E-state index contributed by atoms with van der Waals surface area (Å²) in [5.41, 5.74) is 1.71. The molecule has 6 heteroatoms. The lowest BCUT2D eigenvalue weighted by Crippen LogP contribution is -2.39. The molecule has 1 atom stereocenters. The highest BCUT2D eigenvalue weighted by atomic mass is 35.5. The van der Waals surface area contributed by atoms with Gasteiger partial charge in [-0.15, -0.1) is 0 Å². The highest BCUT2D eigenvalue weighted by Crippen LogP contribution is 2.26. The van der Waals surface area contributed by atoms with Crippen LogP contribution in [0.1, 0.15) is 18.1 Å². The average molecular weight is 286 g/mol. The van der Waals surface area contributed by atoms with Gasteiger partial charge in [0, 0.05) is 5.02 Å². The van der Waals surface area contributed by atoms with E-state index in [0.717, 1.165) is 11.1 Å². The Hall–Kier alpha value is -1.75. The Kier molecular flexibility index (Phi) is 5.18. The van der Waals surface area contributed by atoms with E-state index in [0.29, 0.717) is 10.8 Å². The van der Waals surface area contributed by atoms with E-state index in [4.69, 9.17) is 21.4 Å². The molecule has 0 aliphatic carbocycles. The third kappa shape index (κ3) is 4.44. The fourth-order valence-electron chi connectivity index (χ4n) is 1.54. The van der Waals surface area contributed by atoms with Crippen molar-refractivity contribution in [1.29, 1.82) is 0 Å². The van der Waals surface area contributed by atoms with E-state index in [1.807, 2.05) is 13.8 Å². The van der Waals surface area contributed by atoms with Gasteiger partial charge in [-0.25, -0.2) is 0 Å². The van der Waals surface area contributed by atoms with Crippen LogP contribution in [-0.4, -0.2) is 29.6 Å². The van der Waals surface area contributed by atoms with Crippen molar-refractivity contribution >= 4 is 23.5 Å². The van der Waals surface area contributed by atoms with Crippen LogP contribution in [-0.2, 0) is 9.59 Å². The highest BCUT2D eigenvalue weighted by Gasteiger charge is 2.16. The molecular formula is C13H16ClNO4. The van der Waals surface area contributed by atoms with E-state index in [1.165, 1.54) is 0 Å². The van der Waals surface area contributed by atoms with Crippen LogP contribution in [0.5, 0.6) is 5.75 Å². The van der Waals surface area contributed by atoms with Gasteiger partial charge < -0.3 is 15.2 Å². The summed E-state index contributed by atoms with van der Waals surface area (Å²) in [6.07, 6.45) is -0.778. The number of ether oxygens (including phenoxy) is 1. The van der Waals surface area contributed by atoms with Crippen LogP contribution in [0, 0.1) is 13.8 Å². The first-order valence-electron chi connectivity index (χ1n) is 5.74. The molecule has 0 heterocycles. The highest BCUT2D eigenvalue weighted by molar-refractivity contribution is 6.32. The first kappa shape index (κ1) is 15.3. The quantitative estimate of drug-likeness (QED) is 0.867. The zero-order chi connectivity index (χ0) is 14.6. The predicted molar refractivity (Wildman–Crippen MR) is 71.7 cm³/mol. The van der Waals surface area contributed by atoms with Crippen LogP contribution in [0.4, 0.5) is 0 Å². The number of carbonyl (C=O) groups excluding carboxylic acids is 1. The summed E-state index contributed by atoms with van der Waals surface area (Å²) in [5.74, 6) is -1.05. The Morgan fingerprint density at radius 3 is 2.37 bits per heavy atom. The van der Waals surface area contributed by atoms with Crippen molar-refractivity contribution in [2.45, 2.75) is 26.9 Å². The van der Waals surface area contributed by atoms with Gasteiger partial charge in [-0.1, -0.05) is 11.6 Å². The molecule has 0 aliphatic rings. The zero-order valence-electron chi connectivity index (χ0n) is 11.0. The Bertz CT molecular complexity index is 478. The first-order chi connectivity index (χ1) is 8.81. The van der Waals surface area contributed by atoms with Crippen molar-refractivity contribution < 1.29 is 19.4 Å². The number of halogens is 1. The summed E-state index contributed by atoms with van der Waals surface area (Å²) in [7, 11) is 0. The van der Waals surface area contributed by atoms with Crippen LogP contribution in [0.2, 0.25) is 5.02 Å². The number of nitrogens with one attached hydrogen (secondary N) is 1. The Balaban J connectivity index is 2.69. The smallest absolute Gasteiger partial charge is 0.322 e. The number of benzene rings is 1. The van der Waals surface area contributed by atoms with Crippen molar-refractivity contribution in [2.75, 3.05) is 6.54 Å². The molecule has 0 fully saturated rings. The van der Waals surface area contributed by atoms with Gasteiger partial charge >= 0.3 is 5.97 Å². The molecule has 0 saturated heterocycles. The summed E-state index contributed by atoms with van der Waals surface area (Å²) >= 11 is 6.03. The van der Waals surface area contributed by atoms with E-state index >= 15 is 0 Å². The lowest BCUT2D eigenvalue weighted by atomic mass is 10.1. The van der Waals surface area contributed by atoms with Crippen LogP contribution in [0.25, 0.3) is 0 Å². The molecule has 19 heavy (non-hydrogen) atoms. The molecule has 1 unspecified atom stereocenters. The van der Waals surface area contributed by atoms with Gasteiger partial charge in [-0.2, -0.15) is 0 Å². The Morgan fingerprint density at radius 1 is 1.37 bits per heavy atom. The van der Waals surface area contributed by atoms with E-state index in [1.54, 1.807) is 19.1 Å². The minimum absolute atomic E-state index is 0.425. The van der Waals surface area contributed by atoms with Crippen molar-refractivity contribution in [1.82, 2.24) is 5.32 Å². The number of carbonyl (C=O) groups is 2. The number of amides is 1. The van der Waals surface area contributed by atoms with Crippen LogP contribution >= 0.6 is 11.6 Å². The number of carboxylic acid groups (broad SMARTS) is 1. The van der Waals surface area contributed by atoms with Crippen molar-refractivity contribution in [3.63, 3.8) is 0 Å². The molecule has 0 aromatic heterocycles. The molecule has 5 nitrogen and oxygen atoms in total.